The van der Waals surface area contributed by atoms with Gasteiger partial charge in [-0.15, -0.1) is 0 Å². The van der Waals surface area contributed by atoms with E-state index >= 15 is 0 Å². The topological polar surface area (TPSA) is 70.2 Å². The number of hydrogen-bond acceptors (Lipinski definition) is 3. The molecule has 1 rings (SSSR count). The molecule has 1 heterocycles. The summed E-state index contributed by atoms with van der Waals surface area (Å²) in [7, 11) is -3.29. The van der Waals surface area contributed by atoms with Gasteiger partial charge in [0, 0.05) is 12.6 Å². The lowest BCUT2D eigenvalue weighted by Gasteiger charge is -2.12. The molecule has 0 radical (unpaired) electrons. The molecule has 15 heavy (non-hydrogen) atoms. The zero-order chi connectivity index (χ0) is 11.3. The third-order valence-corrected chi connectivity index (χ3v) is 3.76. The molecular formula is C9H21N3O2S. The minimum atomic E-state index is -3.29. The normalized spacial score (nSPS) is 22.5. The molecule has 1 aliphatic rings. The van der Waals surface area contributed by atoms with Crippen LogP contribution in [0.15, 0.2) is 0 Å². The Morgan fingerprint density at radius 3 is 2.73 bits per heavy atom. The first-order chi connectivity index (χ1) is 6.99. The highest BCUT2D eigenvalue weighted by Crippen LogP contribution is 2.10. The second-order valence-corrected chi connectivity index (χ2v) is 5.85. The highest BCUT2D eigenvalue weighted by molar-refractivity contribution is 7.87. The summed E-state index contributed by atoms with van der Waals surface area (Å²) in [4.78, 5) is 0. The molecule has 0 aliphatic carbocycles. The summed E-state index contributed by atoms with van der Waals surface area (Å²) < 4.78 is 27.8. The molecule has 90 valence electrons. The van der Waals surface area contributed by atoms with E-state index in [-0.39, 0.29) is 6.04 Å². The van der Waals surface area contributed by atoms with Crippen molar-refractivity contribution in [2.24, 2.45) is 5.92 Å². The van der Waals surface area contributed by atoms with Gasteiger partial charge in [0.25, 0.3) is 10.2 Å². The third kappa shape index (κ3) is 5.46. The molecule has 0 amide bonds. The first-order valence-corrected chi connectivity index (χ1v) is 6.95. The first kappa shape index (κ1) is 12.9. The molecule has 6 heteroatoms. The van der Waals surface area contributed by atoms with Gasteiger partial charge >= 0.3 is 0 Å². The summed E-state index contributed by atoms with van der Waals surface area (Å²) in [5.41, 5.74) is 0. The van der Waals surface area contributed by atoms with Gasteiger partial charge in [-0.2, -0.15) is 13.1 Å². The van der Waals surface area contributed by atoms with Crippen LogP contribution in [0.2, 0.25) is 0 Å². The van der Waals surface area contributed by atoms with Gasteiger partial charge in [0.1, 0.15) is 0 Å². The van der Waals surface area contributed by atoms with Crippen LogP contribution in [0.25, 0.3) is 0 Å². The van der Waals surface area contributed by atoms with Crippen LogP contribution in [-0.4, -0.2) is 34.1 Å². The minimum Gasteiger partial charge on any atom is -0.316 e. The van der Waals surface area contributed by atoms with E-state index in [1.807, 2.05) is 0 Å². The van der Waals surface area contributed by atoms with E-state index in [2.05, 4.69) is 14.8 Å². The van der Waals surface area contributed by atoms with Gasteiger partial charge in [-0.1, -0.05) is 0 Å². The molecule has 0 spiro atoms. The van der Waals surface area contributed by atoms with Gasteiger partial charge in [-0.3, -0.25) is 0 Å². The summed E-state index contributed by atoms with van der Waals surface area (Å²) in [5.74, 6) is 0.617. The molecule has 0 bridgehead atoms. The van der Waals surface area contributed by atoms with Gasteiger partial charge in [-0.05, 0) is 45.7 Å². The Morgan fingerprint density at radius 2 is 2.20 bits per heavy atom. The smallest absolute Gasteiger partial charge is 0.277 e. The third-order valence-electron chi connectivity index (χ3n) is 2.40. The largest absolute Gasteiger partial charge is 0.316 e. The van der Waals surface area contributed by atoms with Gasteiger partial charge in [-0.25, -0.2) is 4.72 Å². The summed E-state index contributed by atoms with van der Waals surface area (Å²) in [6, 6.07) is -0.0596. The van der Waals surface area contributed by atoms with Crippen molar-refractivity contribution in [3.8, 4) is 0 Å². The summed E-state index contributed by atoms with van der Waals surface area (Å²) in [6.45, 7) is 6.20. The van der Waals surface area contributed by atoms with Crippen molar-refractivity contribution in [2.45, 2.75) is 32.7 Å². The molecular weight excluding hydrogens is 214 g/mol. The molecule has 0 aromatic carbocycles. The molecule has 5 nitrogen and oxygen atoms in total. The fourth-order valence-corrected chi connectivity index (χ4v) is 2.80. The number of rotatable bonds is 6. The molecule has 1 fully saturated rings. The van der Waals surface area contributed by atoms with Gasteiger partial charge in [0.15, 0.2) is 0 Å². The van der Waals surface area contributed by atoms with Crippen molar-refractivity contribution in [2.75, 3.05) is 19.6 Å². The second kappa shape index (κ2) is 5.79. The van der Waals surface area contributed by atoms with Crippen LogP contribution in [0.4, 0.5) is 0 Å². The standard InChI is InChI=1S/C9H21N3O2S/c1-8(2)12-15(13,14)11-6-4-9-3-5-10-7-9/h8-12H,3-7H2,1-2H3. The Morgan fingerprint density at radius 1 is 1.47 bits per heavy atom. The van der Waals surface area contributed by atoms with E-state index in [1.54, 1.807) is 13.8 Å². The van der Waals surface area contributed by atoms with Crippen molar-refractivity contribution >= 4 is 10.2 Å². The van der Waals surface area contributed by atoms with Crippen LogP contribution in [0.1, 0.15) is 26.7 Å². The van der Waals surface area contributed by atoms with Gasteiger partial charge < -0.3 is 5.32 Å². The lowest BCUT2D eigenvalue weighted by atomic mass is 10.1. The molecule has 1 unspecified atom stereocenters. The molecule has 0 aromatic rings. The number of hydrogen-bond donors (Lipinski definition) is 3. The molecule has 1 atom stereocenters. The van der Waals surface area contributed by atoms with Gasteiger partial charge in [0.05, 0.1) is 0 Å². The molecule has 1 saturated heterocycles. The van der Waals surface area contributed by atoms with E-state index in [1.165, 1.54) is 0 Å². The van der Waals surface area contributed by atoms with Crippen LogP contribution >= 0.6 is 0 Å². The fourth-order valence-electron chi connectivity index (χ4n) is 1.71. The van der Waals surface area contributed by atoms with E-state index in [0.29, 0.717) is 12.5 Å². The van der Waals surface area contributed by atoms with E-state index in [0.717, 1.165) is 25.9 Å². The molecule has 0 saturated carbocycles. The zero-order valence-electron chi connectivity index (χ0n) is 9.41. The first-order valence-electron chi connectivity index (χ1n) is 5.47. The van der Waals surface area contributed by atoms with Crippen LogP contribution < -0.4 is 14.8 Å². The molecule has 3 N–H and O–H groups in total. The van der Waals surface area contributed by atoms with Crippen molar-refractivity contribution in [1.29, 1.82) is 0 Å². The highest BCUT2D eigenvalue weighted by Gasteiger charge is 2.16. The predicted molar refractivity (Wildman–Crippen MR) is 60.8 cm³/mol. The Bertz CT molecular complexity index is 271. The van der Waals surface area contributed by atoms with Crippen LogP contribution in [0.5, 0.6) is 0 Å². The average Bonchev–Trinajstić information content (AvgIpc) is 2.53. The van der Waals surface area contributed by atoms with Gasteiger partial charge in [0.2, 0.25) is 0 Å². The monoisotopic (exact) mass is 235 g/mol. The predicted octanol–water partition coefficient (Wildman–Crippen LogP) is -0.182. The SMILES string of the molecule is CC(C)NS(=O)(=O)NCCC1CCNC1. The maximum absolute atomic E-state index is 11.4. The van der Waals surface area contributed by atoms with E-state index in [4.69, 9.17) is 0 Å². The van der Waals surface area contributed by atoms with Crippen LogP contribution in [-0.2, 0) is 10.2 Å². The maximum Gasteiger partial charge on any atom is 0.277 e. The lowest BCUT2D eigenvalue weighted by Crippen LogP contribution is -2.41. The van der Waals surface area contributed by atoms with Crippen molar-refractivity contribution in [3.63, 3.8) is 0 Å². The van der Waals surface area contributed by atoms with E-state index in [9.17, 15) is 8.42 Å². The second-order valence-electron chi connectivity index (χ2n) is 4.32. The zero-order valence-corrected chi connectivity index (χ0v) is 10.2. The Kier molecular flexibility index (Phi) is 4.98. The quantitative estimate of drug-likeness (QED) is 0.598. The number of nitrogens with one attached hydrogen (secondary N) is 3. The lowest BCUT2D eigenvalue weighted by molar-refractivity contribution is 0.512. The Balaban J connectivity index is 2.18. The van der Waals surface area contributed by atoms with Crippen LogP contribution in [0, 0.1) is 5.92 Å². The molecule has 1 aliphatic heterocycles. The Labute approximate surface area is 92.2 Å². The Hall–Kier alpha value is -0.170. The summed E-state index contributed by atoms with van der Waals surface area (Å²) >= 11 is 0. The molecule has 0 aromatic heterocycles. The fraction of sp³-hybridized carbons (Fsp3) is 1.00. The van der Waals surface area contributed by atoms with Crippen molar-refractivity contribution in [3.05, 3.63) is 0 Å². The minimum absolute atomic E-state index is 0.0596. The van der Waals surface area contributed by atoms with Crippen LogP contribution in [0.3, 0.4) is 0 Å². The van der Waals surface area contributed by atoms with E-state index < -0.39 is 10.2 Å². The maximum atomic E-state index is 11.4. The van der Waals surface area contributed by atoms with Crippen molar-refractivity contribution in [1.82, 2.24) is 14.8 Å². The average molecular weight is 235 g/mol. The summed E-state index contributed by atoms with van der Waals surface area (Å²) in [5, 5.41) is 3.26. The summed E-state index contributed by atoms with van der Waals surface area (Å²) in [6.07, 6.45) is 2.06. The highest BCUT2D eigenvalue weighted by atomic mass is 32.2. The van der Waals surface area contributed by atoms with Crippen molar-refractivity contribution < 1.29 is 8.42 Å².